The first-order valence-corrected chi connectivity index (χ1v) is 19.4. The van der Waals surface area contributed by atoms with Gasteiger partial charge in [-0.05, 0) is 112 Å². The number of amidine groups is 2. The van der Waals surface area contributed by atoms with Gasteiger partial charge in [-0.1, -0.05) is 128 Å². The van der Waals surface area contributed by atoms with Crippen molar-refractivity contribution in [2.45, 2.75) is 39.3 Å². The molecule has 1 unspecified atom stereocenters. The first-order chi connectivity index (χ1) is 27.9. The molecule has 1 aliphatic carbocycles. The van der Waals surface area contributed by atoms with Crippen LogP contribution in [0.15, 0.2) is 173 Å². The van der Waals surface area contributed by atoms with Crippen molar-refractivity contribution in [3.63, 3.8) is 0 Å². The number of rotatable bonds is 8. The molecule has 8 rings (SSSR count). The third kappa shape index (κ3) is 7.19. The summed E-state index contributed by atoms with van der Waals surface area (Å²) in [6, 6.07) is 46.4. The van der Waals surface area contributed by atoms with Crippen LogP contribution in [0.3, 0.4) is 0 Å². The highest BCUT2D eigenvalue weighted by Gasteiger charge is 2.21. The molecule has 4 N–H and O–H groups in total. The molecular formula is C51H44N6. The molecule has 6 aromatic carbocycles. The van der Waals surface area contributed by atoms with Crippen LogP contribution in [0.4, 0.5) is 0 Å². The lowest BCUT2D eigenvalue weighted by atomic mass is 9.89. The van der Waals surface area contributed by atoms with Gasteiger partial charge in [-0.25, -0.2) is 9.98 Å². The van der Waals surface area contributed by atoms with Crippen molar-refractivity contribution in [3.05, 3.63) is 191 Å². The van der Waals surface area contributed by atoms with Crippen molar-refractivity contribution in [2.24, 2.45) is 21.5 Å². The largest absolute Gasteiger partial charge is 0.405 e. The molecule has 1 atom stereocenters. The molecule has 0 aliphatic heterocycles. The van der Waals surface area contributed by atoms with Gasteiger partial charge in [0.05, 0.1) is 11.6 Å². The van der Waals surface area contributed by atoms with Crippen LogP contribution in [0.1, 0.15) is 60.8 Å². The van der Waals surface area contributed by atoms with Crippen LogP contribution < -0.4 is 11.5 Å². The molecule has 0 amide bonds. The molecule has 6 nitrogen and oxygen atoms in total. The summed E-state index contributed by atoms with van der Waals surface area (Å²) in [5.74, 6) is 0.956. The maximum atomic E-state index is 9.64. The number of benzene rings is 6. The second-order valence-corrected chi connectivity index (χ2v) is 14.5. The molecule has 7 aromatic rings. The molecule has 0 saturated carbocycles. The SMILES string of the molecule is C=C1CC(C#N)=CC=C(c2cc3ccccc3c3cc(-c4ccc5c(c4)c(CC)c(/C=C\N)n5C(C)N=C(N=C(N)c4ccccc4)c4ccccc4)ccc23)C1. The number of hydrogen-bond donors (Lipinski definition) is 2. The number of nitrogens with zero attached hydrogens (tertiary/aromatic N) is 4. The van der Waals surface area contributed by atoms with Crippen molar-refractivity contribution < 1.29 is 0 Å². The molecule has 0 fully saturated rings. The van der Waals surface area contributed by atoms with Crippen molar-refractivity contribution in [2.75, 3.05) is 0 Å². The van der Waals surface area contributed by atoms with E-state index < -0.39 is 0 Å². The number of aromatic nitrogens is 1. The Bertz CT molecular complexity index is 2880. The molecule has 0 bridgehead atoms. The van der Waals surface area contributed by atoms with Crippen LogP contribution in [0.5, 0.6) is 0 Å². The maximum absolute atomic E-state index is 9.64. The van der Waals surface area contributed by atoms with E-state index in [0.717, 1.165) is 62.8 Å². The zero-order valence-corrected chi connectivity index (χ0v) is 32.3. The van der Waals surface area contributed by atoms with Gasteiger partial charge in [-0.2, -0.15) is 5.26 Å². The fraction of sp³-hybridized carbons (Fsp3) is 0.118. The van der Waals surface area contributed by atoms with E-state index in [4.69, 9.17) is 21.5 Å². The summed E-state index contributed by atoms with van der Waals surface area (Å²) >= 11 is 0. The lowest BCUT2D eigenvalue weighted by Crippen LogP contribution is -2.17. The summed E-state index contributed by atoms with van der Waals surface area (Å²) in [5.41, 5.74) is 24.0. The highest BCUT2D eigenvalue weighted by atomic mass is 15.2. The Kier molecular flexibility index (Phi) is 10.2. The average Bonchev–Trinajstić information content (AvgIpc) is 3.43. The molecule has 278 valence electrons. The quantitative estimate of drug-likeness (QED) is 0.0701. The van der Waals surface area contributed by atoms with Crippen molar-refractivity contribution >= 4 is 55.8 Å². The monoisotopic (exact) mass is 740 g/mol. The topological polar surface area (TPSA) is 105 Å². The highest BCUT2D eigenvalue weighted by Crippen LogP contribution is 2.40. The first kappa shape index (κ1) is 36.7. The molecule has 0 spiro atoms. The maximum Gasteiger partial charge on any atom is 0.159 e. The summed E-state index contributed by atoms with van der Waals surface area (Å²) in [7, 11) is 0. The van der Waals surface area contributed by atoms with Gasteiger partial charge in [-0.15, -0.1) is 0 Å². The smallest absolute Gasteiger partial charge is 0.159 e. The average molecular weight is 741 g/mol. The van der Waals surface area contributed by atoms with Gasteiger partial charge in [0.15, 0.2) is 5.84 Å². The summed E-state index contributed by atoms with van der Waals surface area (Å²) in [5, 5.41) is 15.5. The van der Waals surface area contributed by atoms with E-state index in [9.17, 15) is 5.26 Å². The van der Waals surface area contributed by atoms with Crippen molar-refractivity contribution in [1.82, 2.24) is 4.57 Å². The van der Waals surface area contributed by atoms with Crippen LogP contribution in [-0.2, 0) is 6.42 Å². The predicted molar refractivity (Wildman–Crippen MR) is 240 cm³/mol. The van der Waals surface area contributed by atoms with E-state index in [-0.39, 0.29) is 6.17 Å². The van der Waals surface area contributed by atoms with E-state index in [2.05, 4.69) is 104 Å². The zero-order valence-electron chi connectivity index (χ0n) is 32.3. The Balaban J connectivity index is 1.26. The molecule has 0 saturated heterocycles. The lowest BCUT2D eigenvalue weighted by molar-refractivity contribution is 0.589. The Morgan fingerprint density at radius 3 is 2.21 bits per heavy atom. The van der Waals surface area contributed by atoms with Crippen LogP contribution in [0, 0.1) is 11.3 Å². The molecule has 1 aliphatic rings. The number of nitrogens with two attached hydrogens (primary N) is 2. The second kappa shape index (κ2) is 15.9. The lowest BCUT2D eigenvalue weighted by Gasteiger charge is -2.16. The van der Waals surface area contributed by atoms with E-state index in [0.29, 0.717) is 18.1 Å². The Labute approximate surface area is 333 Å². The predicted octanol–water partition coefficient (Wildman–Crippen LogP) is 11.7. The number of aryl methyl sites for hydroxylation is 1. The number of fused-ring (bicyclic) bond motifs is 4. The van der Waals surface area contributed by atoms with Crippen molar-refractivity contribution in [3.8, 4) is 17.2 Å². The summed E-state index contributed by atoms with van der Waals surface area (Å²) < 4.78 is 2.25. The Morgan fingerprint density at radius 1 is 0.807 bits per heavy atom. The van der Waals surface area contributed by atoms with Gasteiger partial charge in [0.1, 0.15) is 12.0 Å². The van der Waals surface area contributed by atoms with Crippen molar-refractivity contribution in [1.29, 1.82) is 5.26 Å². The molecule has 57 heavy (non-hydrogen) atoms. The standard InChI is InChI=1S/C51H44N6/c1-4-42-47-30-39(38-21-23-44-45(41-20-19-35(32-53)27-33(2)28-41)31-40-17-11-12-18-43(40)46(44)29-38)22-24-48(47)57(49(42)25-26-52)34(3)55-51(37-15-9-6-10-16-37)56-50(54)36-13-7-5-8-14-36/h5-26,29-31,34H,2,4,27-28,52H2,1,3H3,(H2,54,55,56)/b26-25-. The van der Waals surface area contributed by atoms with Gasteiger partial charge < -0.3 is 16.0 Å². The molecule has 0 radical (unpaired) electrons. The Hall–Kier alpha value is -7.23. The highest BCUT2D eigenvalue weighted by molar-refractivity contribution is 6.13. The number of allylic oxidation sites excluding steroid dienone is 5. The van der Waals surface area contributed by atoms with Gasteiger partial charge in [0, 0.05) is 34.2 Å². The number of aliphatic imine (C=N–C) groups is 2. The normalized spacial score (nSPS) is 14.5. The second-order valence-electron chi connectivity index (χ2n) is 14.5. The summed E-state index contributed by atoms with van der Waals surface area (Å²) in [6.07, 6.45) is 9.43. The minimum absolute atomic E-state index is 0.341. The minimum Gasteiger partial charge on any atom is -0.405 e. The number of nitriles is 1. The molecular weight excluding hydrogens is 697 g/mol. The molecule has 6 heteroatoms. The van der Waals surface area contributed by atoms with Gasteiger partial charge in [-0.3, -0.25) is 0 Å². The van der Waals surface area contributed by atoms with Crippen LogP contribution in [-0.4, -0.2) is 16.2 Å². The Morgan fingerprint density at radius 2 is 1.49 bits per heavy atom. The third-order valence-corrected chi connectivity index (χ3v) is 10.8. The van der Waals surface area contributed by atoms with E-state index in [1.807, 2.05) is 72.8 Å². The number of hydrogen-bond acceptors (Lipinski definition) is 3. The fourth-order valence-corrected chi connectivity index (χ4v) is 8.13. The summed E-state index contributed by atoms with van der Waals surface area (Å²) in [4.78, 5) is 10.1. The first-order valence-electron chi connectivity index (χ1n) is 19.4. The zero-order chi connectivity index (χ0) is 39.5. The third-order valence-electron chi connectivity index (χ3n) is 10.8. The minimum atomic E-state index is -0.341. The van der Waals surface area contributed by atoms with Gasteiger partial charge >= 0.3 is 0 Å². The van der Waals surface area contributed by atoms with Crippen LogP contribution in [0.2, 0.25) is 0 Å². The van der Waals surface area contributed by atoms with E-state index in [1.165, 1.54) is 38.2 Å². The van der Waals surface area contributed by atoms with Crippen LogP contribution in [0.25, 0.3) is 55.2 Å². The van der Waals surface area contributed by atoms with Gasteiger partial charge in [0.2, 0.25) is 0 Å². The van der Waals surface area contributed by atoms with Gasteiger partial charge in [0.25, 0.3) is 0 Å². The van der Waals surface area contributed by atoms with E-state index in [1.54, 1.807) is 6.20 Å². The van der Waals surface area contributed by atoms with E-state index >= 15 is 0 Å². The fourth-order valence-electron chi connectivity index (χ4n) is 8.13. The summed E-state index contributed by atoms with van der Waals surface area (Å²) in [6.45, 7) is 8.57. The molecule has 1 aromatic heterocycles. The van der Waals surface area contributed by atoms with Crippen LogP contribution >= 0.6 is 0 Å². The molecule has 1 heterocycles.